The Morgan fingerprint density at radius 3 is 2.53 bits per heavy atom. The number of halogens is 4. The van der Waals surface area contributed by atoms with Crippen molar-refractivity contribution in [2.75, 3.05) is 11.9 Å². The molecule has 1 heterocycles. The lowest BCUT2D eigenvalue weighted by Crippen LogP contribution is -2.14. The molecule has 4 rings (SSSR count). The van der Waals surface area contributed by atoms with E-state index in [1.807, 2.05) is 31.2 Å². The highest BCUT2D eigenvalue weighted by molar-refractivity contribution is 6.31. The lowest BCUT2D eigenvalue weighted by atomic mass is 10.1. The minimum atomic E-state index is -4.65. The third-order valence-corrected chi connectivity index (χ3v) is 5.22. The normalized spacial score (nSPS) is 11.3. The molecule has 174 valence electrons. The molecule has 1 aromatic heterocycles. The van der Waals surface area contributed by atoms with E-state index in [0.29, 0.717) is 17.9 Å². The number of nitrogens with one attached hydrogen (secondary N) is 1. The monoisotopic (exact) mass is 486 g/mol. The van der Waals surface area contributed by atoms with Crippen LogP contribution in [0.15, 0.2) is 77.3 Å². The number of anilines is 1. The molecule has 34 heavy (non-hydrogen) atoms. The Labute approximate surface area is 198 Å². The van der Waals surface area contributed by atoms with Gasteiger partial charge in [-0.1, -0.05) is 23.7 Å². The Balaban J connectivity index is 1.60. The van der Waals surface area contributed by atoms with Gasteiger partial charge >= 0.3 is 6.18 Å². The molecular formula is C25H18ClF3N2O3. The van der Waals surface area contributed by atoms with Crippen LogP contribution in [-0.4, -0.2) is 17.5 Å². The van der Waals surface area contributed by atoms with Gasteiger partial charge in [-0.15, -0.1) is 0 Å². The van der Waals surface area contributed by atoms with Gasteiger partial charge in [0.25, 0.3) is 5.91 Å². The molecule has 9 heteroatoms. The summed E-state index contributed by atoms with van der Waals surface area (Å²) in [4.78, 5) is 17.2. The van der Waals surface area contributed by atoms with E-state index in [4.69, 9.17) is 20.8 Å². The zero-order valence-corrected chi connectivity index (χ0v) is 18.6. The van der Waals surface area contributed by atoms with E-state index in [0.717, 1.165) is 23.4 Å². The second-order valence-electron chi connectivity index (χ2n) is 7.18. The Morgan fingerprint density at radius 2 is 1.82 bits per heavy atom. The number of nitrogens with zero attached hydrogens (tertiary/aromatic N) is 1. The van der Waals surface area contributed by atoms with Crippen molar-refractivity contribution in [1.82, 2.24) is 4.98 Å². The SMILES string of the molecule is CCOc1ccc(-c2cnc(-c3ccccc3C(=O)Nc3ccc(Cl)c(C(F)(F)F)c3)o2)cc1. The van der Waals surface area contributed by atoms with Gasteiger partial charge in [-0.25, -0.2) is 4.98 Å². The molecule has 3 aromatic carbocycles. The van der Waals surface area contributed by atoms with Crippen molar-refractivity contribution < 1.29 is 27.1 Å². The van der Waals surface area contributed by atoms with Crippen molar-refractivity contribution in [2.45, 2.75) is 13.1 Å². The highest BCUT2D eigenvalue weighted by Gasteiger charge is 2.33. The molecule has 0 atom stereocenters. The molecule has 0 saturated heterocycles. The number of amides is 1. The number of carbonyl (C=O) groups excluding carboxylic acids is 1. The topological polar surface area (TPSA) is 64.4 Å². The molecule has 0 spiro atoms. The van der Waals surface area contributed by atoms with E-state index in [1.165, 1.54) is 18.3 Å². The van der Waals surface area contributed by atoms with Crippen LogP contribution in [0.25, 0.3) is 22.8 Å². The van der Waals surface area contributed by atoms with E-state index >= 15 is 0 Å². The molecule has 0 aliphatic carbocycles. The van der Waals surface area contributed by atoms with E-state index in [9.17, 15) is 18.0 Å². The van der Waals surface area contributed by atoms with Crippen molar-refractivity contribution in [3.05, 3.63) is 89.1 Å². The van der Waals surface area contributed by atoms with Gasteiger partial charge in [-0.2, -0.15) is 13.2 Å². The first kappa shape index (κ1) is 23.4. The Kier molecular flexibility index (Phi) is 6.61. The van der Waals surface area contributed by atoms with Gasteiger partial charge in [-0.05, 0) is 61.5 Å². The van der Waals surface area contributed by atoms with Crippen LogP contribution in [0.5, 0.6) is 5.75 Å². The van der Waals surface area contributed by atoms with Crippen molar-refractivity contribution in [3.8, 4) is 28.5 Å². The van der Waals surface area contributed by atoms with E-state index < -0.39 is 22.7 Å². The summed E-state index contributed by atoms with van der Waals surface area (Å²) in [5, 5.41) is 2.03. The van der Waals surface area contributed by atoms with Crippen LogP contribution < -0.4 is 10.1 Å². The average Bonchev–Trinajstić information content (AvgIpc) is 3.30. The third kappa shape index (κ3) is 5.07. The number of oxazole rings is 1. The largest absolute Gasteiger partial charge is 0.494 e. The zero-order chi connectivity index (χ0) is 24.3. The molecule has 0 aliphatic rings. The van der Waals surface area contributed by atoms with Gasteiger partial charge < -0.3 is 14.5 Å². The van der Waals surface area contributed by atoms with E-state index in [2.05, 4.69) is 10.3 Å². The van der Waals surface area contributed by atoms with Crippen molar-refractivity contribution in [1.29, 1.82) is 0 Å². The van der Waals surface area contributed by atoms with Crippen LogP contribution in [0.1, 0.15) is 22.8 Å². The number of aromatic nitrogens is 1. The maximum atomic E-state index is 13.2. The molecule has 0 radical (unpaired) electrons. The third-order valence-electron chi connectivity index (χ3n) is 4.89. The highest BCUT2D eigenvalue weighted by atomic mass is 35.5. The Morgan fingerprint density at radius 1 is 1.09 bits per heavy atom. The Bertz CT molecular complexity index is 1320. The van der Waals surface area contributed by atoms with Gasteiger partial charge in [0.15, 0.2) is 5.76 Å². The first-order chi connectivity index (χ1) is 16.3. The van der Waals surface area contributed by atoms with Crippen molar-refractivity contribution in [2.24, 2.45) is 0 Å². The van der Waals surface area contributed by atoms with Crippen molar-refractivity contribution >= 4 is 23.2 Å². The number of carbonyl (C=O) groups is 1. The fourth-order valence-electron chi connectivity index (χ4n) is 3.30. The second kappa shape index (κ2) is 9.61. The summed E-state index contributed by atoms with van der Waals surface area (Å²) in [6.07, 6.45) is -3.11. The maximum absolute atomic E-state index is 13.2. The molecule has 0 bridgehead atoms. The van der Waals surface area contributed by atoms with Crippen LogP contribution in [0.2, 0.25) is 5.02 Å². The van der Waals surface area contributed by atoms with Crippen LogP contribution in [0.4, 0.5) is 18.9 Å². The fourth-order valence-corrected chi connectivity index (χ4v) is 3.53. The minimum absolute atomic E-state index is 0.0426. The number of ether oxygens (including phenoxy) is 1. The van der Waals surface area contributed by atoms with Gasteiger partial charge in [-0.3, -0.25) is 4.79 Å². The van der Waals surface area contributed by atoms with Gasteiger partial charge in [0.1, 0.15) is 5.75 Å². The predicted molar refractivity (Wildman–Crippen MR) is 123 cm³/mol. The first-order valence-electron chi connectivity index (χ1n) is 10.2. The molecular weight excluding hydrogens is 469 g/mol. The molecule has 0 saturated carbocycles. The molecule has 1 N–H and O–H groups in total. The minimum Gasteiger partial charge on any atom is -0.494 e. The predicted octanol–water partition coefficient (Wildman–Crippen LogP) is 7.33. The number of rotatable bonds is 6. The number of hydrogen-bond acceptors (Lipinski definition) is 4. The Hall–Kier alpha value is -3.78. The summed E-state index contributed by atoms with van der Waals surface area (Å²) in [7, 11) is 0. The van der Waals surface area contributed by atoms with Crippen LogP contribution in [-0.2, 0) is 6.18 Å². The summed E-state index contributed by atoms with van der Waals surface area (Å²) in [5.41, 5.74) is 0.269. The standard InChI is InChI=1S/C25H18ClF3N2O3/c1-2-33-17-10-7-15(8-11-17)22-14-30-24(34-22)19-6-4-3-5-18(19)23(32)31-16-9-12-21(26)20(13-16)25(27,28)29/h3-14H,2H2,1H3,(H,31,32). The average molecular weight is 487 g/mol. The van der Waals surface area contributed by atoms with Gasteiger partial charge in [0.05, 0.1) is 29.0 Å². The number of benzene rings is 3. The second-order valence-corrected chi connectivity index (χ2v) is 7.59. The molecule has 4 aromatic rings. The summed E-state index contributed by atoms with van der Waals surface area (Å²) in [6, 6.07) is 17.0. The molecule has 0 unspecified atom stereocenters. The van der Waals surface area contributed by atoms with Gasteiger partial charge in [0.2, 0.25) is 5.89 Å². The smallest absolute Gasteiger partial charge is 0.417 e. The molecule has 0 aliphatic heterocycles. The lowest BCUT2D eigenvalue weighted by Gasteiger charge is -2.12. The van der Waals surface area contributed by atoms with Crippen LogP contribution >= 0.6 is 11.6 Å². The lowest BCUT2D eigenvalue weighted by molar-refractivity contribution is -0.137. The summed E-state index contributed by atoms with van der Waals surface area (Å²) in [6.45, 7) is 2.45. The maximum Gasteiger partial charge on any atom is 0.417 e. The summed E-state index contributed by atoms with van der Waals surface area (Å²) < 4.78 is 50.8. The molecule has 5 nitrogen and oxygen atoms in total. The highest BCUT2D eigenvalue weighted by Crippen LogP contribution is 2.36. The van der Waals surface area contributed by atoms with E-state index in [1.54, 1.807) is 18.2 Å². The van der Waals surface area contributed by atoms with Crippen molar-refractivity contribution in [3.63, 3.8) is 0 Å². The van der Waals surface area contributed by atoms with Crippen LogP contribution in [0, 0.1) is 0 Å². The summed E-state index contributed by atoms with van der Waals surface area (Å²) in [5.74, 6) is 0.790. The number of alkyl halides is 3. The first-order valence-corrected chi connectivity index (χ1v) is 10.6. The van der Waals surface area contributed by atoms with Gasteiger partial charge in [0, 0.05) is 16.8 Å². The molecule has 1 amide bonds. The zero-order valence-electron chi connectivity index (χ0n) is 17.8. The van der Waals surface area contributed by atoms with E-state index in [-0.39, 0.29) is 17.1 Å². The summed E-state index contributed by atoms with van der Waals surface area (Å²) >= 11 is 5.66. The molecule has 0 fully saturated rings. The number of hydrogen-bond donors (Lipinski definition) is 1. The van der Waals surface area contributed by atoms with Crippen LogP contribution in [0.3, 0.4) is 0 Å². The fraction of sp³-hybridized carbons (Fsp3) is 0.120. The quantitative estimate of drug-likeness (QED) is 0.310.